The van der Waals surface area contributed by atoms with E-state index < -0.39 is 0 Å². The highest BCUT2D eigenvalue weighted by Crippen LogP contribution is 2.30. The molecule has 0 bridgehead atoms. The van der Waals surface area contributed by atoms with E-state index >= 15 is 0 Å². The number of fused-ring (bicyclic) bond motifs is 2. The predicted octanol–water partition coefficient (Wildman–Crippen LogP) is 4.64. The van der Waals surface area contributed by atoms with Crippen LogP contribution in [0.25, 0.3) is 27.8 Å². The number of hydrogen-bond acceptors (Lipinski definition) is 6. The molecular formula is C27H24FN7O2S. The van der Waals surface area contributed by atoms with Gasteiger partial charge in [0.05, 0.1) is 28.3 Å². The van der Waals surface area contributed by atoms with Gasteiger partial charge in [0.1, 0.15) is 5.82 Å². The Morgan fingerprint density at radius 1 is 1.18 bits per heavy atom. The van der Waals surface area contributed by atoms with Crippen molar-refractivity contribution >= 4 is 46.1 Å². The first-order chi connectivity index (χ1) is 18.3. The zero-order chi connectivity index (χ0) is 26.4. The van der Waals surface area contributed by atoms with Gasteiger partial charge in [-0.05, 0) is 56.2 Å². The number of aromatic nitrogens is 5. The van der Waals surface area contributed by atoms with E-state index in [1.165, 1.54) is 23.9 Å². The first-order valence-electron chi connectivity index (χ1n) is 12.2. The minimum absolute atomic E-state index is 0.0493. The van der Waals surface area contributed by atoms with Gasteiger partial charge in [0.25, 0.3) is 5.91 Å². The molecule has 9 nitrogen and oxygen atoms in total. The lowest BCUT2D eigenvalue weighted by Crippen LogP contribution is -2.30. The number of nitrogens with one attached hydrogen (secondary N) is 2. The summed E-state index contributed by atoms with van der Waals surface area (Å²) in [6.45, 7) is 1.86. The van der Waals surface area contributed by atoms with Crippen LogP contribution in [0.3, 0.4) is 0 Å². The topological polar surface area (TPSA) is 106 Å². The van der Waals surface area contributed by atoms with E-state index in [2.05, 4.69) is 25.7 Å². The van der Waals surface area contributed by atoms with E-state index in [0.717, 1.165) is 34.2 Å². The van der Waals surface area contributed by atoms with Crippen LogP contribution in [0.2, 0.25) is 0 Å². The Bertz CT molecular complexity index is 1710. The summed E-state index contributed by atoms with van der Waals surface area (Å²) < 4.78 is 17.0. The Kier molecular flexibility index (Phi) is 6.07. The van der Waals surface area contributed by atoms with Crippen LogP contribution in [0.1, 0.15) is 30.1 Å². The van der Waals surface area contributed by atoms with Gasteiger partial charge in [-0.3, -0.25) is 19.9 Å². The van der Waals surface area contributed by atoms with Crippen molar-refractivity contribution in [2.24, 2.45) is 13.0 Å². The molecule has 1 aromatic carbocycles. The van der Waals surface area contributed by atoms with Crippen LogP contribution in [-0.2, 0) is 11.8 Å². The SMILES string of the molecule is C[C@H](NC(=O)c1cn(C)c2cnc(-c3ccn4nc(NC(=O)C5CC5)nc4c3)cc12)Sc1cccc(F)c1. The minimum Gasteiger partial charge on any atom is -0.348 e. The van der Waals surface area contributed by atoms with Crippen LogP contribution >= 0.6 is 11.8 Å². The Balaban J connectivity index is 1.25. The van der Waals surface area contributed by atoms with Crippen molar-refractivity contribution in [1.29, 1.82) is 0 Å². The van der Waals surface area contributed by atoms with Crippen molar-refractivity contribution in [3.8, 4) is 11.3 Å². The third-order valence-corrected chi connectivity index (χ3v) is 7.38. The van der Waals surface area contributed by atoms with Gasteiger partial charge in [-0.1, -0.05) is 6.07 Å². The largest absolute Gasteiger partial charge is 0.348 e. The second kappa shape index (κ2) is 9.56. The van der Waals surface area contributed by atoms with Crippen LogP contribution in [0.5, 0.6) is 0 Å². The lowest BCUT2D eigenvalue weighted by molar-refractivity contribution is -0.117. The number of halogens is 1. The van der Waals surface area contributed by atoms with Gasteiger partial charge >= 0.3 is 0 Å². The molecule has 1 aliphatic carbocycles. The minimum atomic E-state index is -0.314. The standard InChI is InChI=1S/C27H24FN7O2S/c1-15(38-19-5-3-4-18(28)11-19)30-26(37)21-14-34(2)23-13-29-22(12-20(21)23)17-8-9-35-24(10-17)31-27(33-35)32-25(36)16-6-7-16/h3-5,8-16H,6-7H2,1-2H3,(H,30,37)(H,32,33,36)/t15-/m1/s1. The molecule has 2 amide bonds. The van der Waals surface area contributed by atoms with Crippen LogP contribution in [0.15, 0.2) is 66.0 Å². The zero-order valence-electron chi connectivity index (χ0n) is 20.7. The highest BCUT2D eigenvalue weighted by Gasteiger charge is 2.30. The molecule has 1 saturated carbocycles. The van der Waals surface area contributed by atoms with Gasteiger partial charge in [0, 0.05) is 41.2 Å². The monoisotopic (exact) mass is 529 g/mol. The van der Waals surface area contributed by atoms with Crippen molar-refractivity contribution in [2.45, 2.75) is 30.0 Å². The molecule has 4 heterocycles. The maximum absolute atomic E-state index is 13.5. The molecule has 192 valence electrons. The van der Waals surface area contributed by atoms with E-state index in [9.17, 15) is 14.0 Å². The first-order valence-corrected chi connectivity index (χ1v) is 13.1. The molecule has 0 unspecified atom stereocenters. The smallest absolute Gasteiger partial charge is 0.254 e. The van der Waals surface area contributed by atoms with Gasteiger partial charge in [0.2, 0.25) is 11.9 Å². The maximum Gasteiger partial charge on any atom is 0.254 e. The average Bonchev–Trinajstić information content (AvgIpc) is 3.59. The van der Waals surface area contributed by atoms with Crippen LogP contribution in [0.4, 0.5) is 10.3 Å². The van der Waals surface area contributed by atoms with Crippen molar-refractivity contribution in [3.63, 3.8) is 0 Å². The predicted molar refractivity (Wildman–Crippen MR) is 143 cm³/mol. The van der Waals surface area contributed by atoms with Crippen LogP contribution in [-0.4, -0.2) is 41.3 Å². The lowest BCUT2D eigenvalue weighted by Gasteiger charge is -2.13. The zero-order valence-corrected chi connectivity index (χ0v) is 21.5. The molecule has 5 aromatic rings. The third-order valence-electron chi connectivity index (χ3n) is 6.38. The summed E-state index contributed by atoms with van der Waals surface area (Å²) in [5.41, 5.74) is 3.39. The van der Waals surface area contributed by atoms with Gasteiger partial charge in [0.15, 0.2) is 5.65 Å². The van der Waals surface area contributed by atoms with Gasteiger partial charge in [-0.2, -0.15) is 4.98 Å². The summed E-state index contributed by atoms with van der Waals surface area (Å²) in [6, 6.07) is 11.9. The van der Waals surface area contributed by atoms with Gasteiger partial charge < -0.3 is 9.88 Å². The number of carbonyl (C=O) groups is 2. The molecule has 1 aliphatic rings. The van der Waals surface area contributed by atoms with E-state index in [1.807, 2.05) is 42.8 Å². The summed E-state index contributed by atoms with van der Waals surface area (Å²) in [5.74, 6) is -0.256. The number of carbonyl (C=O) groups excluding carboxylic acids is 2. The summed E-state index contributed by atoms with van der Waals surface area (Å²) in [5, 5.41) is 10.6. The van der Waals surface area contributed by atoms with Crippen LogP contribution in [0, 0.1) is 11.7 Å². The number of nitrogens with zero attached hydrogens (tertiary/aromatic N) is 5. The number of pyridine rings is 2. The second-order valence-electron chi connectivity index (χ2n) is 9.35. The molecule has 0 saturated heterocycles. The van der Waals surface area contributed by atoms with Crippen molar-refractivity contribution in [1.82, 2.24) is 29.5 Å². The normalized spacial score (nSPS) is 14.1. The van der Waals surface area contributed by atoms with E-state index in [0.29, 0.717) is 16.9 Å². The number of thioether (sulfide) groups is 1. The third kappa shape index (κ3) is 4.84. The Morgan fingerprint density at radius 3 is 2.82 bits per heavy atom. The fourth-order valence-electron chi connectivity index (χ4n) is 4.30. The molecule has 1 atom stereocenters. The quantitative estimate of drug-likeness (QED) is 0.235. The number of amides is 2. The van der Waals surface area contributed by atoms with E-state index in [4.69, 9.17) is 0 Å². The summed E-state index contributed by atoms with van der Waals surface area (Å²) in [6.07, 6.45) is 7.09. The first kappa shape index (κ1) is 24.1. The Morgan fingerprint density at radius 2 is 2.03 bits per heavy atom. The lowest BCUT2D eigenvalue weighted by atomic mass is 10.1. The average molecular weight is 530 g/mol. The van der Waals surface area contributed by atoms with Crippen LogP contribution < -0.4 is 10.6 Å². The molecule has 2 N–H and O–H groups in total. The molecule has 11 heteroatoms. The molecule has 0 spiro atoms. The fourth-order valence-corrected chi connectivity index (χ4v) is 5.22. The number of anilines is 1. The molecule has 4 aromatic heterocycles. The number of aryl methyl sites for hydroxylation is 1. The highest BCUT2D eigenvalue weighted by molar-refractivity contribution is 7.99. The number of benzene rings is 1. The van der Waals surface area contributed by atoms with E-state index in [1.54, 1.807) is 29.2 Å². The fraction of sp³-hybridized carbons (Fsp3) is 0.222. The van der Waals surface area contributed by atoms with Gasteiger partial charge in [-0.25, -0.2) is 8.91 Å². The summed E-state index contributed by atoms with van der Waals surface area (Å²) in [7, 11) is 1.87. The van der Waals surface area contributed by atoms with Gasteiger partial charge in [-0.15, -0.1) is 16.9 Å². The summed E-state index contributed by atoms with van der Waals surface area (Å²) in [4.78, 5) is 35.1. The highest BCUT2D eigenvalue weighted by atomic mass is 32.2. The molecule has 1 fully saturated rings. The van der Waals surface area contributed by atoms with E-state index in [-0.39, 0.29) is 34.9 Å². The Hall–Kier alpha value is -4.25. The molecule has 0 radical (unpaired) electrons. The Labute approximate surface area is 221 Å². The second-order valence-corrected chi connectivity index (χ2v) is 10.8. The molecule has 0 aliphatic heterocycles. The molecule has 38 heavy (non-hydrogen) atoms. The number of rotatable bonds is 7. The molecule has 6 rings (SSSR count). The molecular weight excluding hydrogens is 505 g/mol. The van der Waals surface area contributed by atoms with Crippen molar-refractivity contribution in [3.05, 3.63) is 72.4 Å². The summed E-state index contributed by atoms with van der Waals surface area (Å²) >= 11 is 1.37. The maximum atomic E-state index is 13.5. The van der Waals surface area contributed by atoms with Crippen molar-refractivity contribution in [2.75, 3.05) is 5.32 Å². The number of hydrogen-bond donors (Lipinski definition) is 2. The van der Waals surface area contributed by atoms with Crippen molar-refractivity contribution < 1.29 is 14.0 Å².